The van der Waals surface area contributed by atoms with Crippen LogP contribution in [-0.4, -0.2) is 54.9 Å². The summed E-state index contributed by atoms with van der Waals surface area (Å²) in [6.45, 7) is 0.322. The Kier molecular flexibility index (Phi) is 10.7. The summed E-state index contributed by atoms with van der Waals surface area (Å²) in [5.74, 6) is 3.66. The van der Waals surface area contributed by atoms with Crippen LogP contribution in [0.4, 0.5) is 32.6 Å². The van der Waals surface area contributed by atoms with Crippen LogP contribution in [0.15, 0.2) is 22.6 Å². The summed E-state index contributed by atoms with van der Waals surface area (Å²) in [5.41, 5.74) is -2.56. The second-order valence-corrected chi connectivity index (χ2v) is 9.01. The van der Waals surface area contributed by atoms with Gasteiger partial charge in [-0.15, -0.1) is 0 Å². The lowest BCUT2D eigenvalue weighted by Gasteiger charge is -2.41. The number of carbonyl (C=O) groups excluding carboxylic acids is 1. The van der Waals surface area contributed by atoms with E-state index in [9.17, 15) is 42.2 Å². The Bertz CT molecular complexity index is 972. The Morgan fingerprint density at radius 2 is 1.75 bits per heavy atom. The summed E-state index contributed by atoms with van der Waals surface area (Å²) in [6, 6.07) is -0.0391. The average Bonchev–Trinajstić information content (AvgIpc) is 2.75. The number of carboxylic acid groups (broad SMARTS) is 1. The molecule has 36 heavy (non-hydrogen) atoms. The summed E-state index contributed by atoms with van der Waals surface area (Å²) >= 11 is 0. The van der Waals surface area contributed by atoms with Crippen LogP contribution in [0, 0.1) is 0 Å². The Morgan fingerprint density at radius 3 is 2.11 bits per heavy atom. The second kappa shape index (κ2) is 11.6. The number of nitrogens with two attached hydrogens (primary N) is 1. The molecule has 210 valence electrons. The number of benzene rings is 1. The van der Waals surface area contributed by atoms with Gasteiger partial charge in [-0.3, -0.25) is 9.63 Å². The summed E-state index contributed by atoms with van der Waals surface area (Å²) in [6.07, 6.45) is -8.03. The number of rotatable bonds is 7. The first-order valence-corrected chi connectivity index (χ1v) is 11.2. The molecule has 1 atom stereocenters. The molecular weight excluding hydrogens is 542 g/mol. The first-order valence-electron chi connectivity index (χ1n) is 9.27. The molecule has 2 rings (SSSR count). The quantitative estimate of drug-likeness (QED) is 0.144. The van der Waals surface area contributed by atoms with Crippen LogP contribution in [0.3, 0.4) is 0 Å². The number of esters is 1. The van der Waals surface area contributed by atoms with Gasteiger partial charge in [-0.2, -0.15) is 13.2 Å². The van der Waals surface area contributed by atoms with Crippen molar-refractivity contribution in [1.82, 2.24) is 5.32 Å². The highest BCUT2D eigenvalue weighted by atomic mass is 32.5. The number of fused-ring (bicyclic) bond motifs is 1. The summed E-state index contributed by atoms with van der Waals surface area (Å²) < 4.78 is 115. The number of aliphatic carboxylic acids is 1. The topological polar surface area (TPSA) is 168 Å². The predicted molar refractivity (Wildman–Crippen MR) is 108 cm³/mol. The minimum atomic E-state index is -10.1. The fraction of sp³-hybridized carbons (Fsp3) is 0.412. The zero-order chi connectivity index (χ0) is 28.6. The lowest BCUT2D eigenvalue weighted by Crippen LogP contribution is -2.42. The molecule has 0 fully saturated rings. The highest BCUT2D eigenvalue weighted by molar-refractivity contribution is 8.45. The maximum atomic E-state index is 13.3. The number of ether oxygens (including phenoxy) is 2. The van der Waals surface area contributed by atoms with Gasteiger partial charge in [0, 0.05) is 5.56 Å². The molecule has 0 radical (unpaired) electrons. The van der Waals surface area contributed by atoms with Crippen molar-refractivity contribution in [2.75, 3.05) is 20.4 Å². The largest absolute Gasteiger partial charge is 0.480 e. The van der Waals surface area contributed by atoms with Crippen LogP contribution in [0.2, 0.25) is 0 Å². The van der Waals surface area contributed by atoms with Crippen molar-refractivity contribution in [3.05, 3.63) is 28.8 Å². The number of aryl methyl sites for hydroxylation is 1. The van der Waals surface area contributed by atoms with E-state index in [1.54, 1.807) is 7.05 Å². The lowest BCUT2D eigenvalue weighted by molar-refractivity contribution is -0.670. The monoisotopic (exact) mass is 566 g/mol. The molecule has 1 unspecified atom stereocenters. The van der Waals surface area contributed by atoms with E-state index in [4.69, 9.17) is 15.1 Å². The third-order valence-corrected chi connectivity index (χ3v) is 5.07. The number of carbonyl (C=O) groups is 2. The maximum Gasteiger partial charge on any atom is 0.430 e. The maximum absolute atomic E-state index is 13.3. The molecule has 0 saturated carbocycles. The van der Waals surface area contributed by atoms with Gasteiger partial charge >= 0.3 is 28.3 Å². The minimum absolute atomic E-state index is 0.0350. The lowest BCUT2D eigenvalue weighted by atomic mass is 9.98. The van der Waals surface area contributed by atoms with E-state index in [0.717, 1.165) is 0 Å². The number of carboxylic acids is 1. The van der Waals surface area contributed by atoms with E-state index in [0.29, 0.717) is 6.08 Å². The molecule has 0 amide bonds. The third-order valence-electron chi connectivity index (χ3n) is 3.94. The van der Waals surface area contributed by atoms with Crippen molar-refractivity contribution < 1.29 is 72.7 Å². The van der Waals surface area contributed by atoms with Crippen LogP contribution >= 0.6 is 10.2 Å². The molecule has 0 aliphatic carbocycles. The van der Waals surface area contributed by atoms with Gasteiger partial charge in [0.05, 0.1) is 12.1 Å². The van der Waals surface area contributed by atoms with E-state index >= 15 is 0 Å². The SMILES string of the molecule is CCc1cc(S(F)(F)(F)(F)F)cc2c1OC(C(F)(F)F)C(C(=O)OCON)=C2.CNCC(=O)O.[NH3+]O. The van der Waals surface area contributed by atoms with Crippen molar-refractivity contribution in [3.63, 3.8) is 0 Å². The average molecular weight is 566 g/mol. The van der Waals surface area contributed by atoms with E-state index in [2.05, 4.69) is 26.7 Å². The van der Waals surface area contributed by atoms with E-state index in [1.807, 2.05) is 0 Å². The molecule has 0 saturated heterocycles. The molecule has 0 spiro atoms. The van der Waals surface area contributed by atoms with Gasteiger partial charge in [-0.1, -0.05) is 26.4 Å². The Labute approximate surface area is 198 Å². The molecule has 0 bridgehead atoms. The number of halogens is 8. The van der Waals surface area contributed by atoms with Gasteiger partial charge in [0.25, 0.3) is 0 Å². The number of quaternary nitrogens is 1. The molecule has 1 aromatic rings. The smallest absolute Gasteiger partial charge is 0.430 e. The molecule has 1 aliphatic heterocycles. The highest BCUT2D eigenvalue weighted by Gasteiger charge is 2.65. The molecular formula is C17H24F8N3O7S+. The van der Waals surface area contributed by atoms with Crippen LogP contribution < -0.4 is 21.8 Å². The van der Waals surface area contributed by atoms with Crippen LogP contribution in [0.5, 0.6) is 5.75 Å². The number of likely N-dealkylation sites (N-methyl/N-ethyl adjacent to an activating group) is 1. The minimum Gasteiger partial charge on any atom is -0.480 e. The molecule has 1 heterocycles. The number of alkyl halides is 3. The zero-order valence-electron chi connectivity index (χ0n) is 18.6. The van der Waals surface area contributed by atoms with Crippen LogP contribution in [0.1, 0.15) is 18.1 Å². The van der Waals surface area contributed by atoms with E-state index in [-0.39, 0.29) is 25.1 Å². The van der Waals surface area contributed by atoms with E-state index in [1.165, 1.54) is 6.92 Å². The van der Waals surface area contributed by atoms with Crippen LogP contribution in [0.25, 0.3) is 6.08 Å². The molecule has 1 aliphatic rings. The zero-order valence-corrected chi connectivity index (χ0v) is 19.4. The van der Waals surface area contributed by atoms with Gasteiger partial charge in [0.15, 0.2) is 0 Å². The van der Waals surface area contributed by atoms with Gasteiger partial charge in [-0.25, -0.2) is 21.8 Å². The van der Waals surface area contributed by atoms with Crippen molar-refractivity contribution in [2.24, 2.45) is 5.90 Å². The van der Waals surface area contributed by atoms with Crippen molar-refractivity contribution >= 4 is 28.2 Å². The van der Waals surface area contributed by atoms with Crippen LogP contribution in [-0.2, 0) is 25.6 Å². The predicted octanol–water partition coefficient (Wildman–Crippen LogP) is 2.91. The molecule has 10 nitrogen and oxygen atoms in total. The summed E-state index contributed by atoms with van der Waals surface area (Å²) in [5, 5.41) is 17.1. The van der Waals surface area contributed by atoms with Gasteiger partial charge in [-0.05, 0) is 37.2 Å². The third kappa shape index (κ3) is 9.74. The standard InChI is InChI=1S/C14H13F8NO4S.C3H7NO2.H4NO/c1-2-7-3-9(28(18,19,20,21)22)4-8-5-10(13(24)25-6-26-23)12(14(15,16)17)27-11(7)8;1-4-2-3(5)6;1-2/h3-5,12H,2,6,23H2,1H3;4H,2H2,1H3,(H,5,6);2H,1H3/q;;+1. The van der Waals surface area contributed by atoms with Gasteiger partial charge in [0.2, 0.25) is 12.9 Å². The fourth-order valence-corrected chi connectivity index (χ4v) is 3.29. The Hall–Kier alpha value is -2.71. The molecule has 0 aromatic heterocycles. The number of nitrogens with one attached hydrogen (secondary N) is 1. The summed E-state index contributed by atoms with van der Waals surface area (Å²) in [7, 11) is -8.55. The van der Waals surface area contributed by atoms with Gasteiger partial charge < -0.3 is 19.9 Å². The second-order valence-electron chi connectivity index (χ2n) is 6.60. The van der Waals surface area contributed by atoms with Crippen molar-refractivity contribution in [2.45, 2.75) is 30.5 Å². The highest BCUT2D eigenvalue weighted by Crippen LogP contribution is 3.02. The summed E-state index contributed by atoms with van der Waals surface area (Å²) in [4.78, 5) is 22.9. The van der Waals surface area contributed by atoms with Gasteiger partial charge in [0.1, 0.15) is 10.6 Å². The first-order chi connectivity index (χ1) is 16.2. The Morgan fingerprint density at radius 1 is 1.19 bits per heavy atom. The fourth-order valence-electron chi connectivity index (χ4n) is 2.58. The number of hydrogen-bond acceptors (Lipinski definition) is 8. The first kappa shape index (κ1) is 33.3. The van der Waals surface area contributed by atoms with Crippen molar-refractivity contribution in [1.29, 1.82) is 0 Å². The molecule has 8 N–H and O–H groups in total. The normalized spacial score (nSPS) is 16.8. The number of hydrogen-bond donors (Lipinski definition) is 5. The van der Waals surface area contributed by atoms with Crippen molar-refractivity contribution in [3.8, 4) is 5.75 Å². The molecule has 19 heteroatoms. The molecule has 1 aromatic carbocycles. The Balaban J connectivity index is 0.00000134. The van der Waals surface area contributed by atoms with E-state index < -0.39 is 68.6 Å².